The molecule has 17 heavy (non-hydrogen) atoms. The summed E-state index contributed by atoms with van der Waals surface area (Å²) in [6, 6.07) is 6.17. The second-order valence-corrected chi connectivity index (χ2v) is 3.66. The molecule has 6 nitrogen and oxygen atoms in total. The van der Waals surface area contributed by atoms with Gasteiger partial charge in [-0.25, -0.2) is 0 Å². The Morgan fingerprint density at radius 1 is 1.41 bits per heavy atom. The van der Waals surface area contributed by atoms with Crippen molar-refractivity contribution in [2.45, 2.75) is 19.4 Å². The van der Waals surface area contributed by atoms with Crippen molar-refractivity contribution in [1.29, 1.82) is 0 Å². The third-order valence-electron chi connectivity index (χ3n) is 2.30. The van der Waals surface area contributed by atoms with E-state index in [1.54, 1.807) is 6.20 Å². The Labute approximate surface area is 99.3 Å². The minimum atomic E-state index is 0.0161. The van der Waals surface area contributed by atoms with E-state index in [0.29, 0.717) is 24.9 Å². The summed E-state index contributed by atoms with van der Waals surface area (Å²) in [7, 11) is 0. The molecule has 0 saturated heterocycles. The lowest BCUT2D eigenvalue weighted by molar-refractivity contribution is 0.501. The van der Waals surface area contributed by atoms with Gasteiger partial charge in [-0.2, -0.15) is 0 Å². The van der Waals surface area contributed by atoms with Crippen molar-refractivity contribution in [2.75, 3.05) is 11.9 Å². The molecule has 0 bridgehead atoms. The van der Waals surface area contributed by atoms with E-state index in [-0.39, 0.29) is 6.04 Å². The Morgan fingerprint density at radius 2 is 2.29 bits per heavy atom. The van der Waals surface area contributed by atoms with E-state index in [4.69, 9.17) is 10.2 Å². The van der Waals surface area contributed by atoms with Gasteiger partial charge in [0, 0.05) is 19.2 Å². The summed E-state index contributed by atoms with van der Waals surface area (Å²) in [5, 5.41) is 10.9. The number of nitrogens with one attached hydrogen (secondary N) is 1. The van der Waals surface area contributed by atoms with Crippen molar-refractivity contribution >= 4 is 6.01 Å². The first kappa shape index (κ1) is 11.5. The molecule has 2 aromatic rings. The summed E-state index contributed by atoms with van der Waals surface area (Å²) >= 11 is 0. The minimum absolute atomic E-state index is 0.0161. The second-order valence-electron chi connectivity index (χ2n) is 3.66. The highest BCUT2D eigenvalue weighted by atomic mass is 16.4. The quantitative estimate of drug-likeness (QED) is 0.804. The highest BCUT2D eigenvalue weighted by molar-refractivity contribution is 5.24. The highest BCUT2D eigenvalue weighted by Crippen LogP contribution is 2.15. The molecule has 90 valence electrons. The summed E-state index contributed by atoms with van der Waals surface area (Å²) in [4.78, 5) is 4.25. The summed E-state index contributed by atoms with van der Waals surface area (Å²) in [6.07, 6.45) is 2.34. The molecule has 2 rings (SSSR count). The molecule has 0 fully saturated rings. The van der Waals surface area contributed by atoms with Crippen LogP contribution in [0.5, 0.6) is 0 Å². The first-order valence-electron chi connectivity index (χ1n) is 5.49. The molecule has 0 saturated carbocycles. The van der Waals surface area contributed by atoms with Crippen molar-refractivity contribution in [2.24, 2.45) is 5.73 Å². The van der Waals surface area contributed by atoms with Gasteiger partial charge in [0.1, 0.15) is 0 Å². The van der Waals surface area contributed by atoms with Gasteiger partial charge < -0.3 is 15.5 Å². The van der Waals surface area contributed by atoms with E-state index in [2.05, 4.69) is 20.5 Å². The topological polar surface area (TPSA) is 89.9 Å². The van der Waals surface area contributed by atoms with Gasteiger partial charge in [0.05, 0.1) is 11.7 Å². The Balaban J connectivity index is 2.00. The summed E-state index contributed by atoms with van der Waals surface area (Å²) in [5.74, 6) is 0.545. The van der Waals surface area contributed by atoms with Gasteiger partial charge in [-0.3, -0.25) is 4.98 Å². The maximum Gasteiger partial charge on any atom is 0.315 e. The Kier molecular flexibility index (Phi) is 3.66. The number of nitrogens with two attached hydrogens (primary N) is 1. The van der Waals surface area contributed by atoms with Crippen LogP contribution >= 0.6 is 0 Å². The van der Waals surface area contributed by atoms with Crippen LogP contribution in [0.4, 0.5) is 6.01 Å². The maximum absolute atomic E-state index is 5.40. The smallest absolute Gasteiger partial charge is 0.315 e. The maximum atomic E-state index is 5.40. The number of hydrogen-bond acceptors (Lipinski definition) is 6. The van der Waals surface area contributed by atoms with Crippen LogP contribution in [-0.4, -0.2) is 21.7 Å². The molecule has 6 heteroatoms. The van der Waals surface area contributed by atoms with Crippen molar-refractivity contribution in [1.82, 2.24) is 15.2 Å². The van der Waals surface area contributed by atoms with E-state index in [1.165, 1.54) is 0 Å². The van der Waals surface area contributed by atoms with Crippen molar-refractivity contribution < 1.29 is 4.42 Å². The Bertz CT molecular complexity index is 456. The van der Waals surface area contributed by atoms with Crippen LogP contribution in [0.3, 0.4) is 0 Å². The van der Waals surface area contributed by atoms with E-state index in [1.807, 2.05) is 25.1 Å². The zero-order valence-electron chi connectivity index (χ0n) is 9.63. The van der Waals surface area contributed by atoms with Gasteiger partial charge in [-0.05, 0) is 19.1 Å². The van der Waals surface area contributed by atoms with Gasteiger partial charge >= 0.3 is 6.01 Å². The molecule has 0 radical (unpaired) electrons. The lowest BCUT2D eigenvalue weighted by Gasteiger charge is -2.10. The normalized spacial score (nSPS) is 12.4. The van der Waals surface area contributed by atoms with Crippen LogP contribution in [0.15, 0.2) is 28.8 Å². The van der Waals surface area contributed by atoms with Gasteiger partial charge in [0.2, 0.25) is 5.89 Å². The molecular weight excluding hydrogens is 218 g/mol. The fourth-order valence-corrected chi connectivity index (χ4v) is 1.43. The van der Waals surface area contributed by atoms with Gasteiger partial charge in [0.15, 0.2) is 0 Å². The second kappa shape index (κ2) is 5.40. The van der Waals surface area contributed by atoms with Gasteiger partial charge in [-0.15, -0.1) is 5.10 Å². The first-order chi connectivity index (χ1) is 8.29. The van der Waals surface area contributed by atoms with E-state index >= 15 is 0 Å². The highest BCUT2D eigenvalue weighted by Gasteiger charge is 2.10. The fourth-order valence-electron chi connectivity index (χ4n) is 1.43. The van der Waals surface area contributed by atoms with E-state index < -0.39 is 0 Å². The first-order valence-corrected chi connectivity index (χ1v) is 5.49. The Hall–Kier alpha value is -1.95. The molecule has 0 aromatic carbocycles. The van der Waals surface area contributed by atoms with E-state index in [0.717, 1.165) is 5.69 Å². The summed E-state index contributed by atoms with van der Waals surface area (Å²) < 4.78 is 5.38. The van der Waals surface area contributed by atoms with Crippen molar-refractivity contribution in [3.8, 4) is 0 Å². The van der Waals surface area contributed by atoms with Crippen molar-refractivity contribution in [3.63, 3.8) is 0 Å². The van der Waals surface area contributed by atoms with Crippen LogP contribution in [0, 0.1) is 0 Å². The zero-order chi connectivity index (χ0) is 12.1. The van der Waals surface area contributed by atoms with E-state index in [9.17, 15) is 0 Å². The molecule has 1 atom stereocenters. The lowest BCUT2D eigenvalue weighted by Crippen LogP contribution is -2.08. The molecule has 3 N–H and O–H groups in total. The molecule has 0 spiro atoms. The van der Waals surface area contributed by atoms with Crippen molar-refractivity contribution in [3.05, 3.63) is 36.0 Å². The molecule has 0 amide bonds. The summed E-state index contributed by atoms with van der Waals surface area (Å²) in [5.41, 5.74) is 6.33. The molecule has 0 aliphatic rings. The van der Waals surface area contributed by atoms with Crippen LogP contribution in [-0.2, 0) is 6.42 Å². The third-order valence-corrected chi connectivity index (χ3v) is 2.30. The standard InChI is InChI=1S/C11H15N5O/c1-8(9-4-2-3-7-13-9)14-11-16-15-10(17-11)5-6-12/h2-4,7-8H,5-6,12H2,1H3,(H,14,16). The molecule has 0 aliphatic carbocycles. The third kappa shape index (κ3) is 3.01. The molecule has 0 aliphatic heterocycles. The number of nitrogens with zero attached hydrogens (tertiary/aromatic N) is 3. The number of hydrogen-bond donors (Lipinski definition) is 2. The molecule has 2 aromatic heterocycles. The van der Waals surface area contributed by atoms with Crippen LogP contribution in [0.2, 0.25) is 0 Å². The molecular formula is C11H15N5O. The number of pyridine rings is 1. The number of anilines is 1. The van der Waals surface area contributed by atoms with Crippen LogP contribution in [0.25, 0.3) is 0 Å². The van der Waals surface area contributed by atoms with Crippen LogP contribution in [0.1, 0.15) is 24.6 Å². The largest absolute Gasteiger partial charge is 0.408 e. The predicted molar refractivity (Wildman–Crippen MR) is 63.3 cm³/mol. The molecule has 1 unspecified atom stereocenters. The fraction of sp³-hybridized carbons (Fsp3) is 0.364. The minimum Gasteiger partial charge on any atom is -0.408 e. The SMILES string of the molecule is CC(Nc1nnc(CCN)o1)c1ccccn1. The number of aromatic nitrogens is 3. The average molecular weight is 233 g/mol. The van der Waals surface area contributed by atoms with Crippen LogP contribution < -0.4 is 11.1 Å². The predicted octanol–water partition coefficient (Wildman–Crippen LogP) is 1.14. The van der Waals surface area contributed by atoms with Gasteiger partial charge in [-0.1, -0.05) is 11.2 Å². The average Bonchev–Trinajstić information content (AvgIpc) is 2.78. The monoisotopic (exact) mass is 233 g/mol. The number of rotatable bonds is 5. The lowest BCUT2D eigenvalue weighted by atomic mass is 10.2. The zero-order valence-corrected chi connectivity index (χ0v) is 9.63. The Morgan fingerprint density at radius 3 is 3.00 bits per heavy atom. The molecule has 2 heterocycles. The summed E-state index contributed by atoms with van der Waals surface area (Å²) in [6.45, 7) is 2.48. The van der Waals surface area contributed by atoms with Gasteiger partial charge in [0.25, 0.3) is 0 Å².